The van der Waals surface area contributed by atoms with Crippen molar-refractivity contribution in [2.24, 2.45) is 7.05 Å². The molecule has 0 aliphatic heterocycles. The largest absolute Gasteiger partial charge is 0.331 e. The molecule has 0 radical (unpaired) electrons. The summed E-state index contributed by atoms with van der Waals surface area (Å²) in [5.41, 5.74) is 3.49. The lowest BCUT2D eigenvalue weighted by Crippen LogP contribution is -2.30. The number of nitrogens with one attached hydrogen (secondary N) is 1. The minimum Gasteiger partial charge on any atom is -0.331 e. The van der Waals surface area contributed by atoms with Crippen molar-refractivity contribution < 1.29 is 13.2 Å². The number of aryl methyl sites for hydroxylation is 3. The van der Waals surface area contributed by atoms with Crippen molar-refractivity contribution >= 4 is 32.7 Å². The number of sulfonamides is 1. The van der Waals surface area contributed by atoms with Gasteiger partial charge in [-0.25, -0.2) is 13.4 Å². The summed E-state index contributed by atoms with van der Waals surface area (Å²) < 4.78 is 29.0. The molecule has 1 amide bonds. The molecular weight excluding hydrogens is 424 g/mol. The lowest BCUT2D eigenvalue weighted by Gasteiger charge is -2.18. The number of nitrogens with zero attached hydrogens (tertiary/aromatic N) is 3. The second-order valence-corrected chi connectivity index (χ2v) is 9.76. The van der Waals surface area contributed by atoms with Gasteiger partial charge in [-0.15, -0.1) is 0 Å². The van der Waals surface area contributed by atoms with Crippen molar-refractivity contribution in [1.82, 2.24) is 13.9 Å². The first kappa shape index (κ1) is 23.9. The van der Waals surface area contributed by atoms with E-state index in [1.165, 1.54) is 9.87 Å². The average Bonchev–Trinajstić information content (AvgIpc) is 3.09. The number of hydrogen-bond acceptors (Lipinski definition) is 4. The van der Waals surface area contributed by atoms with E-state index in [1.807, 2.05) is 49.7 Å². The van der Waals surface area contributed by atoms with Gasteiger partial charge in [-0.2, -0.15) is 4.31 Å². The van der Waals surface area contributed by atoms with Crippen LogP contribution in [-0.4, -0.2) is 41.3 Å². The topological polar surface area (TPSA) is 84.3 Å². The summed E-state index contributed by atoms with van der Waals surface area (Å²) in [6.45, 7) is 6.62. The van der Waals surface area contributed by atoms with E-state index in [4.69, 9.17) is 0 Å². The van der Waals surface area contributed by atoms with E-state index in [0.717, 1.165) is 29.9 Å². The van der Waals surface area contributed by atoms with Gasteiger partial charge in [0.15, 0.2) is 0 Å². The molecule has 0 fully saturated rings. The zero-order valence-electron chi connectivity index (χ0n) is 19.3. The number of benzene rings is 2. The third kappa shape index (κ3) is 5.19. The van der Waals surface area contributed by atoms with Crippen molar-refractivity contribution in [3.63, 3.8) is 0 Å². The van der Waals surface area contributed by atoms with Crippen LogP contribution in [-0.2, 0) is 34.7 Å². The van der Waals surface area contributed by atoms with E-state index in [9.17, 15) is 13.2 Å². The van der Waals surface area contributed by atoms with Gasteiger partial charge < -0.3 is 9.88 Å². The van der Waals surface area contributed by atoms with Gasteiger partial charge >= 0.3 is 0 Å². The standard InChI is InChI=1S/C24H32N4O3S/c1-5-8-18-9-11-19(12-10-18)25-24(29)16-15-23-26-21-17-20(13-14-22(21)27(23)4)32(30,31)28(6-2)7-3/h9-14,17H,5-8,15-16H2,1-4H3,(H,25,29). The van der Waals surface area contributed by atoms with Gasteiger partial charge in [0.2, 0.25) is 15.9 Å². The lowest BCUT2D eigenvalue weighted by atomic mass is 10.1. The predicted octanol–water partition coefficient (Wildman–Crippen LogP) is 4.13. The molecule has 3 rings (SSSR count). The molecule has 0 saturated carbocycles. The molecule has 0 unspecified atom stereocenters. The third-order valence-electron chi connectivity index (χ3n) is 5.64. The van der Waals surface area contributed by atoms with Gasteiger partial charge in [0.1, 0.15) is 5.82 Å². The first-order chi connectivity index (χ1) is 15.3. The van der Waals surface area contributed by atoms with E-state index in [-0.39, 0.29) is 10.8 Å². The van der Waals surface area contributed by atoms with E-state index >= 15 is 0 Å². The summed E-state index contributed by atoms with van der Waals surface area (Å²) in [4.78, 5) is 17.3. The molecule has 1 heterocycles. The SMILES string of the molecule is CCCc1ccc(NC(=O)CCc2nc3cc(S(=O)(=O)N(CC)CC)ccc3n2C)cc1. The Morgan fingerprint density at radius 3 is 2.34 bits per heavy atom. The first-order valence-electron chi connectivity index (χ1n) is 11.1. The Kier molecular flexibility index (Phi) is 7.69. The molecule has 7 nitrogen and oxygen atoms in total. The summed E-state index contributed by atoms with van der Waals surface area (Å²) in [6.07, 6.45) is 2.87. The Hall–Kier alpha value is -2.71. The minimum atomic E-state index is -3.54. The van der Waals surface area contributed by atoms with Crippen LogP contribution in [0.2, 0.25) is 0 Å². The summed E-state index contributed by atoms with van der Waals surface area (Å²) in [5, 5.41) is 2.93. The van der Waals surface area contributed by atoms with Crippen LogP contribution in [0.15, 0.2) is 47.4 Å². The molecule has 0 saturated heterocycles. The maximum atomic E-state index is 12.8. The van der Waals surface area contributed by atoms with Crippen LogP contribution in [0.5, 0.6) is 0 Å². The highest BCUT2D eigenvalue weighted by Gasteiger charge is 2.22. The monoisotopic (exact) mass is 456 g/mol. The summed E-state index contributed by atoms with van der Waals surface area (Å²) in [7, 11) is -1.66. The maximum Gasteiger partial charge on any atom is 0.243 e. The number of carbonyl (C=O) groups is 1. The molecule has 0 spiro atoms. The van der Waals surface area contributed by atoms with Gasteiger partial charge in [0, 0.05) is 38.7 Å². The van der Waals surface area contributed by atoms with Crippen LogP contribution >= 0.6 is 0 Å². The van der Waals surface area contributed by atoms with Crippen molar-refractivity contribution in [1.29, 1.82) is 0 Å². The highest BCUT2D eigenvalue weighted by atomic mass is 32.2. The Morgan fingerprint density at radius 2 is 1.72 bits per heavy atom. The highest BCUT2D eigenvalue weighted by molar-refractivity contribution is 7.89. The highest BCUT2D eigenvalue weighted by Crippen LogP contribution is 2.23. The number of rotatable bonds is 10. The zero-order valence-corrected chi connectivity index (χ0v) is 20.1. The molecule has 0 aliphatic rings. The number of aromatic nitrogens is 2. The molecule has 8 heteroatoms. The van der Waals surface area contributed by atoms with Crippen LogP contribution < -0.4 is 5.32 Å². The van der Waals surface area contributed by atoms with Crippen LogP contribution in [0.3, 0.4) is 0 Å². The molecule has 172 valence electrons. The summed E-state index contributed by atoms with van der Waals surface area (Å²) in [5.74, 6) is 0.663. The molecular formula is C24H32N4O3S. The van der Waals surface area contributed by atoms with Gasteiger partial charge in [0.25, 0.3) is 0 Å². The third-order valence-corrected chi connectivity index (χ3v) is 7.69. The van der Waals surface area contributed by atoms with Gasteiger partial charge in [-0.1, -0.05) is 39.3 Å². The number of amides is 1. The smallest absolute Gasteiger partial charge is 0.243 e. The molecule has 0 bridgehead atoms. The van der Waals surface area contributed by atoms with E-state index in [1.54, 1.807) is 18.2 Å². The fraction of sp³-hybridized carbons (Fsp3) is 0.417. The van der Waals surface area contributed by atoms with Crippen LogP contribution in [0.1, 0.15) is 45.0 Å². The van der Waals surface area contributed by atoms with Crippen molar-refractivity contribution in [2.45, 2.75) is 51.3 Å². The molecule has 1 N–H and O–H groups in total. The number of imidazole rings is 1. The van der Waals surface area contributed by atoms with Gasteiger partial charge in [-0.3, -0.25) is 4.79 Å². The van der Waals surface area contributed by atoms with Gasteiger partial charge in [0.05, 0.1) is 15.9 Å². The number of fused-ring (bicyclic) bond motifs is 1. The molecule has 32 heavy (non-hydrogen) atoms. The number of anilines is 1. The van der Waals surface area contributed by atoms with Crippen LogP contribution in [0.4, 0.5) is 5.69 Å². The van der Waals surface area contributed by atoms with Crippen molar-refractivity contribution in [2.75, 3.05) is 18.4 Å². The van der Waals surface area contributed by atoms with E-state index in [2.05, 4.69) is 17.2 Å². The molecule has 0 aliphatic carbocycles. The zero-order chi connectivity index (χ0) is 23.3. The second kappa shape index (κ2) is 10.3. The Bertz CT molecular complexity index is 1180. The minimum absolute atomic E-state index is 0.0786. The second-order valence-electron chi connectivity index (χ2n) is 7.82. The summed E-state index contributed by atoms with van der Waals surface area (Å²) in [6, 6.07) is 12.9. The predicted molar refractivity (Wildman–Crippen MR) is 128 cm³/mol. The Balaban J connectivity index is 1.71. The van der Waals surface area contributed by atoms with Crippen molar-refractivity contribution in [3.8, 4) is 0 Å². The van der Waals surface area contributed by atoms with Crippen molar-refractivity contribution in [3.05, 3.63) is 53.9 Å². The fourth-order valence-electron chi connectivity index (χ4n) is 3.82. The number of carbonyl (C=O) groups excluding carboxylic acids is 1. The molecule has 0 atom stereocenters. The average molecular weight is 457 g/mol. The van der Waals surface area contributed by atoms with E-state index < -0.39 is 10.0 Å². The van der Waals surface area contributed by atoms with E-state index in [0.29, 0.717) is 31.4 Å². The molecule has 3 aromatic rings. The quantitative estimate of drug-likeness (QED) is 0.497. The van der Waals surface area contributed by atoms with Crippen LogP contribution in [0, 0.1) is 0 Å². The Labute approximate surface area is 190 Å². The number of hydrogen-bond donors (Lipinski definition) is 1. The Morgan fingerprint density at radius 1 is 1.03 bits per heavy atom. The summed E-state index contributed by atoms with van der Waals surface area (Å²) >= 11 is 0. The fourth-order valence-corrected chi connectivity index (χ4v) is 5.30. The first-order valence-corrected chi connectivity index (χ1v) is 12.6. The van der Waals surface area contributed by atoms with Gasteiger partial charge in [-0.05, 0) is 42.3 Å². The lowest BCUT2D eigenvalue weighted by molar-refractivity contribution is -0.116. The van der Waals surface area contributed by atoms with Crippen LogP contribution in [0.25, 0.3) is 11.0 Å². The normalized spacial score (nSPS) is 11.9. The molecule has 1 aromatic heterocycles. The maximum absolute atomic E-state index is 12.8. The molecule has 2 aromatic carbocycles.